The Morgan fingerprint density at radius 2 is 1.85 bits per heavy atom. The fourth-order valence-electron chi connectivity index (χ4n) is 7.08. The number of hydrogen-bond donors (Lipinski definition) is 0. The van der Waals surface area contributed by atoms with E-state index in [0.29, 0.717) is 52.4 Å². The van der Waals surface area contributed by atoms with E-state index in [2.05, 4.69) is 30.6 Å². The highest BCUT2D eigenvalue weighted by Crippen LogP contribution is 2.41. The third-order valence-electron chi connectivity index (χ3n) is 9.60. The molecule has 0 spiro atoms. The molecule has 0 radical (unpaired) electrons. The smallest absolute Gasteiger partial charge is 0.410 e. The third-order valence-corrected chi connectivity index (χ3v) is 9.60. The number of rotatable bonds is 8. The van der Waals surface area contributed by atoms with E-state index in [1.807, 2.05) is 49.8 Å². The summed E-state index contributed by atoms with van der Waals surface area (Å²) in [4.78, 5) is 40.7. The fraction of sp³-hybridized carbons (Fsp3) is 0.639. The van der Waals surface area contributed by atoms with Gasteiger partial charge in [0, 0.05) is 81.2 Å². The molecule has 2 fully saturated rings. The molecule has 11 heteroatoms. The molecule has 258 valence electrons. The normalized spacial score (nSPS) is 25.1. The fourth-order valence-corrected chi connectivity index (χ4v) is 7.08. The first-order valence-corrected chi connectivity index (χ1v) is 16.7. The minimum absolute atomic E-state index is 0.0142. The van der Waals surface area contributed by atoms with Gasteiger partial charge in [-0.3, -0.25) is 19.6 Å². The molecule has 2 saturated heterocycles. The van der Waals surface area contributed by atoms with E-state index in [9.17, 15) is 14.0 Å². The van der Waals surface area contributed by atoms with Crippen molar-refractivity contribution in [2.45, 2.75) is 83.5 Å². The van der Waals surface area contributed by atoms with E-state index in [0.717, 1.165) is 29.1 Å². The van der Waals surface area contributed by atoms with Gasteiger partial charge in [-0.1, -0.05) is 26.0 Å². The maximum Gasteiger partial charge on any atom is 0.410 e. The summed E-state index contributed by atoms with van der Waals surface area (Å²) in [5, 5.41) is 0. The molecule has 0 N–H and O–H groups in total. The van der Waals surface area contributed by atoms with Crippen LogP contribution in [0.15, 0.2) is 36.5 Å². The number of halogens is 1. The molecule has 10 nitrogen and oxygen atoms in total. The standard InChI is InChI=1S/C36H52FN5O5/c1-25-18-39(29(20-41(25)33(44)47-34(2,3)4)19-40-13-14-46-24-36(40,7)23-45-8)21-32(43)42-22-35(5,6)30-17-38-28(16-31(30)42)15-26-9-11-27(37)12-10-26/h9-12,16-17,25,29H,13-15,18-24H2,1-8H3/t25-,29+,36?/m1/s1. The first-order valence-electron chi connectivity index (χ1n) is 16.7. The lowest BCUT2D eigenvalue weighted by atomic mass is 9.88. The third kappa shape index (κ3) is 8.13. The average Bonchev–Trinajstić information content (AvgIpc) is 3.25. The number of fused-ring (bicyclic) bond motifs is 1. The summed E-state index contributed by atoms with van der Waals surface area (Å²) < 4.78 is 30.7. The lowest BCUT2D eigenvalue weighted by molar-refractivity contribution is -0.123. The van der Waals surface area contributed by atoms with Crippen molar-refractivity contribution in [1.82, 2.24) is 19.7 Å². The number of carbonyl (C=O) groups excluding carboxylic acids is 2. The van der Waals surface area contributed by atoms with Crippen molar-refractivity contribution in [3.8, 4) is 0 Å². The Hall–Kier alpha value is -3.12. The molecule has 1 unspecified atom stereocenters. The Kier molecular flexibility index (Phi) is 10.3. The van der Waals surface area contributed by atoms with Gasteiger partial charge in [0.25, 0.3) is 0 Å². The maximum absolute atomic E-state index is 14.3. The molecule has 3 aliphatic heterocycles. The van der Waals surface area contributed by atoms with Crippen LogP contribution in [-0.4, -0.2) is 121 Å². The molecular weight excluding hydrogens is 601 g/mol. The Bertz CT molecular complexity index is 1430. The Labute approximate surface area is 279 Å². The number of hydrogen-bond acceptors (Lipinski definition) is 8. The highest BCUT2D eigenvalue weighted by Gasteiger charge is 2.44. The highest BCUT2D eigenvalue weighted by molar-refractivity contribution is 5.97. The van der Waals surface area contributed by atoms with Crippen LogP contribution in [0.25, 0.3) is 0 Å². The number of pyridine rings is 1. The van der Waals surface area contributed by atoms with Crippen molar-refractivity contribution in [3.63, 3.8) is 0 Å². The number of amides is 2. The molecule has 0 bridgehead atoms. The largest absolute Gasteiger partial charge is 0.444 e. The topological polar surface area (TPSA) is 87.7 Å². The number of benzene rings is 1. The molecule has 5 rings (SSSR count). The highest BCUT2D eigenvalue weighted by atomic mass is 19.1. The number of aromatic nitrogens is 1. The molecule has 1 aromatic heterocycles. The van der Waals surface area contributed by atoms with E-state index in [1.165, 1.54) is 12.1 Å². The first kappa shape index (κ1) is 35.2. The van der Waals surface area contributed by atoms with Gasteiger partial charge in [0.1, 0.15) is 11.4 Å². The van der Waals surface area contributed by atoms with Crippen molar-refractivity contribution in [3.05, 3.63) is 59.2 Å². The summed E-state index contributed by atoms with van der Waals surface area (Å²) >= 11 is 0. The maximum atomic E-state index is 14.3. The summed E-state index contributed by atoms with van der Waals surface area (Å²) in [6.45, 7) is 18.9. The lowest BCUT2D eigenvalue weighted by Crippen LogP contribution is -2.66. The van der Waals surface area contributed by atoms with Gasteiger partial charge in [0.2, 0.25) is 5.91 Å². The van der Waals surface area contributed by atoms with E-state index < -0.39 is 5.60 Å². The number of anilines is 1. The predicted octanol–water partition coefficient (Wildman–Crippen LogP) is 4.48. The molecular formula is C36H52FN5O5. The zero-order chi connectivity index (χ0) is 34.1. The minimum atomic E-state index is -0.610. The molecule has 2 amide bonds. The van der Waals surface area contributed by atoms with Crippen LogP contribution in [0.1, 0.15) is 65.3 Å². The second kappa shape index (κ2) is 13.8. The van der Waals surface area contributed by atoms with Gasteiger partial charge in [-0.2, -0.15) is 0 Å². The van der Waals surface area contributed by atoms with Gasteiger partial charge in [0.05, 0.1) is 37.6 Å². The Balaban J connectivity index is 1.39. The van der Waals surface area contributed by atoms with Gasteiger partial charge in [0.15, 0.2) is 0 Å². The second-order valence-corrected chi connectivity index (χ2v) is 15.4. The van der Waals surface area contributed by atoms with Crippen LogP contribution >= 0.6 is 0 Å². The molecule has 3 atom stereocenters. The van der Waals surface area contributed by atoms with Gasteiger partial charge in [-0.05, 0) is 58.4 Å². The van der Waals surface area contributed by atoms with Crippen LogP contribution in [0.4, 0.5) is 14.9 Å². The first-order chi connectivity index (χ1) is 22.1. The minimum Gasteiger partial charge on any atom is -0.444 e. The summed E-state index contributed by atoms with van der Waals surface area (Å²) in [6.07, 6.45) is 2.10. The van der Waals surface area contributed by atoms with Crippen molar-refractivity contribution < 1.29 is 28.2 Å². The Morgan fingerprint density at radius 1 is 1.13 bits per heavy atom. The van der Waals surface area contributed by atoms with Gasteiger partial charge >= 0.3 is 6.09 Å². The van der Waals surface area contributed by atoms with Crippen LogP contribution in [0.5, 0.6) is 0 Å². The molecule has 0 aliphatic carbocycles. The molecule has 0 saturated carbocycles. The number of nitrogens with zero attached hydrogens (tertiary/aromatic N) is 5. The van der Waals surface area contributed by atoms with E-state index in [-0.39, 0.29) is 47.4 Å². The summed E-state index contributed by atoms with van der Waals surface area (Å²) in [5.41, 5.74) is 2.51. The zero-order valence-electron chi connectivity index (χ0n) is 29.3. The lowest BCUT2D eigenvalue weighted by Gasteiger charge is -2.50. The van der Waals surface area contributed by atoms with Crippen LogP contribution in [0, 0.1) is 5.82 Å². The van der Waals surface area contributed by atoms with Gasteiger partial charge < -0.3 is 24.0 Å². The van der Waals surface area contributed by atoms with Crippen molar-refractivity contribution in [2.75, 3.05) is 71.1 Å². The summed E-state index contributed by atoms with van der Waals surface area (Å²) in [6, 6.07) is 8.20. The van der Waals surface area contributed by atoms with Crippen LogP contribution in [0.2, 0.25) is 0 Å². The van der Waals surface area contributed by atoms with E-state index in [1.54, 1.807) is 19.2 Å². The van der Waals surface area contributed by atoms with Crippen LogP contribution in [-0.2, 0) is 30.8 Å². The van der Waals surface area contributed by atoms with E-state index in [4.69, 9.17) is 19.2 Å². The molecule has 4 heterocycles. The van der Waals surface area contributed by atoms with Gasteiger partial charge in [-0.25, -0.2) is 9.18 Å². The predicted molar refractivity (Wildman–Crippen MR) is 179 cm³/mol. The van der Waals surface area contributed by atoms with Crippen LogP contribution < -0.4 is 4.90 Å². The number of ether oxygens (including phenoxy) is 3. The molecule has 2 aromatic rings. The second-order valence-electron chi connectivity index (χ2n) is 15.4. The number of morpholine rings is 1. The summed E-state index contributed by atoms with van der Waals surface area (Å²) in [5.74, 6) is -0.258. The van der Waals surface area contributed by atoms with Crippen molar-refractivity contribution in [2.24, 2.45) is 0 Å². The molecule has 1 aromatic carbocycles. The molecule has 47 heavy (non-hydrogen) atoms. The van der Waals surface area contributed by atoms with Crippen molar-refractivity contribution >= 4 is 17.7 Å². The van der Waals surface area contributed by atoms with Gasteiger partial charge in [-0.15, -0.1) is 0 Å². The van der Waals surface area contributed by atoms with Crippen molar-refractivity contribution in [1.29, 1.82) is 0 Å². The monoisotopic (exact) mass is 653 g/mol. The average molecular weight is 654 g/mol. The van der Waals surface area contributed by atoms with E-state index >= 15 is 0 Å². The summed E-state index contributed by atoms with van der Waals surface area (Å²) in [7, 11) is 1.70. The van der Waals surface area contributed by atoms with Crippen LogP contribution in [0.3, 0.4) is 0 Å². The number of piperazine rings is 1. The number of methoxy groups -OCH3 is 1. The Morgan fingerprint density at radius 3 is 2.53 bits per heavy atom. The molecule has 3 aliphatic rings. The zero-order valence-corrected chi connectivity index (χ0v) is 29.3. The SMILES string of the molecule is COCC1(C)COCCN1C[C@H]1CN(C(=O)OC(C)(C)C)[C@H](C)CN1CC(=O)N1CC(C)(C)c2cnc(Cc3ccc(F)cc3)cc21. The quantitative estimate of drug-likeness (QED) is 0.413. The number of carbonyl (C=O) groups is 2.